The molecule has 1 aromatic carbocycles. The Bertz CT molecular complexity index is 1100. The summed E-state index contributed by atoms with van der Waals surface area (Å²) in [4.78, 5) is 20.9. The topological polar surface area (TPSA) is 86.5 Å². The van der Waals surface area contributed by atoms with E-state index in [0.717, 1.165) is 5.56 Å². The molecular formula is C19H14ClF2N3O4. The first-order valence-electron chi connectivity index (χ1n) is 8.57. The highest BCUT2D eigenvalue weighted by Crippen LogP contribution is 2.45. The Morgan fingerprint density at radius 2 is 1.93 bits per heavy atom. The summed E-state index contributed by atoms with van der Waals surface area (Å²) in [5.41, 5.74) is 1.88. The van der Waals surface area contributed by atoms with Gasteiger partial charge in [0.1, 0.15) is 5.76 Å². The molecule has 3 aromatic rings. The van der Waals surface area contributed by atoms with Crippen LogP contribution in [0.1, 0.15) is 28.6 Å². The molecule has 0 atom stereocenters. The number of aryl methyl sites for hydroxylation is 2. The Morgan fingerprint density at radius 3 is 2.59 bits per heavy atom. The van der Waals surface area contributed by atoms with E-state index in [1.165, 1.54) is 24.5 Å². The maximum Gasteiger partial charge on any atom is 0.586 e. The minimum atomic E-state index is -3.74. The molecule has 10 heteroatoms. The fourth-order valence-corrected chi connectivity index (χ4v) is 3.20. The van der Waals surface area contributed by atoms with Gasteiger partial charge in [-0.2, -0.15) is 0 Å². The Labute approximate surface area is 168 Å². The monoisotopic (exact) mass is 421 g/mol. The summed E-state index contributed by atoms with van der Waals surface area (Å²) in [6.45, 7) is 3.62. The van der Waals surface area contributed by atoms with Crippen molar-refractivity contribution in [2.75, 3.05) is 5.32 Å². The van der Waals surface area contributed by atoms with Crippen molar-refractivity contribution < 1.29 is 27.5 Å². The highest BCUT2D eigenvalue weighted by atomic mass is 35.5. The molecule has 150 valence electrons. The molecule has 0 aliphatic carbocycles. The number of nitrogens with one attached hydrogen (secondary N) is 1. The molecule has 1 N–H and O–H groups in total. The predicted octanol–water partition coefficient (Wildman–Crippen LogP) is 4.83. The van der Waals surface area contributed by atoms with Gasteiger partial charge < -0.3 is 19.2 Å². The molecule has 0 radical (unpaired) electrons. The third-order valence-corrected chi connectivity index (χ3v) is 4.63. The Hall–Kier alpha value is -3.20. The summed E-state index contributed by atoms with van der Waals surface area (Å²) in [7, 11) is 0. The molecule has 0 saturated carbocycles. The predicted molar refractivity (Wildman–Crippen MR) is 99.5 cm³/mol. The van der Waals surface area contributed by atoms with E-state index < -0.39 is 6.29 Å². The second kappa shape index (κ2) is 7.00. The Balaban J connectivity index is 1.56. The summed E-state index contributed by atoms with van der Waals surface area (Å²) in [6, 6.07) is 2.52. The smallest absolute Gasteiger partial charge is 0.468 e. The lowest BCUT2D eigenvalue weighted by Gasteiger charge is -2.08. The average molecular weight is 422 g/mol. The van der Waals surface area contributed by atoms with Crippen LogP contribution in [0.2, 0.25) is 5.02 Å². The molecule has 1 aliphatic heterocycles. The van der Waals surface area contributed by atoms with Crippen LogP contribution in [-0.4, -0.2) is 22.2 Å². The van der Waals surface area contributed by atoms with E-state index in [-0.39, 0.29) is 28.2 Å². The van der Waals surface area contributed by atoms with Crippen LogP contribution in [0.25, 0.3) is 11.3 Å². The molecular weight excluding hydrogens is 408 g/mol. The number of furan rings is 1. The molecule has 2 aromatic heterocycles. The number of fused-ring (bicyclic) bond motifs is 1. The number of alkyl halides is 2. The van der Waals surface area contributed by atoms with Crippen LogP contribution in [0.15, 0.2) is 35.2 Å². The van der Waals surface area contributed by atoms with Crippen LogP contribution in [0.4, 0.5) is 14.6 Å². The summed E-state index contributed by atoms with van der Waals surface area (Å²) in [5, 5.41) is 2.79. The number of nitrogens with zero attached hydrogens (tertiary/aromatic N) is 2. The minimum Gasteiger partial charge on any atom is -0.468 e. The number of halogens is 3. The Kier molecular flexibility index (Phi) is 4.62. The van der Waals surface area contributed by atoms with Gasteiger partial charge in [0.2, 0.25) is 0 Å². The lowest BCUT2D eigenvalue weighted by Crippen LogP contribution is -2.25. The van der Waals surface area contributed by atoms with Crippen molar-refractivity contribution in [2.24, 2.45) is 0 Å². The number of hydrogen-bond donors (Lipinski definition) is 1. The molecule has 0 fully saturated rings. The lowest BCUT2D eigenvalue weighted by atomic mass is 10.1. The number of anilines is 1. The molecule has 1 aliphatic rings. The van der Waals surface area contributed by atoms with Gasteiger partial charge in [-0.3, -0.25) is 9.78 Å². The normalized spacial score (nSPS) is 14.1. The van der Waals surface area contributed by atoms with E-state index in [1.54, 1.807) is 13.2 Å². The molecule has 0 saturated heterocycles. The molecule has 7 nitrogen and oxygen atoms in total. The van der Waals surface area contributed by atoms with E-state index in [2.05, 4.69) is 24.8 Å². The number of aromatic nitrogens is 2. The maximum atomic E-state index is 13.2. The van der Waals surface area contributed by atoms with Gasteiger partial charge >= 0.3 is 6.29 Å². The van der Waals surface area contributed by atoms with Crippen LogP contribution in [-0.2, 0) is 6.42 Å². The van der Waals surface area contributed by atoms with Crippen molar-refractivity contribution in [3.05, 3.63) is 52.7 Å². The fraction of sp³-hybridized carbons (Fsp3) is 0.211. The quantitative estimate of drug-likeness (QED) is 0.649. The Morgan fingerprint density at radius 1 is 1.21 bits per heavy atom. The number of amides is 1. The summed E-state index contributed by atoms with van der Waals surface area (Å²) < 4.78 is 40.5. The van der Waals surface area contributed by atoms with Gasteiger partial charge in [-0.25, -0.2) is 4.98 Å². The van der Waals surface area contributed by atoms with Crippen molar-refractivity contribution >= 4 is 23.3 Å². The molecule has 0 unspecified atom stereocenters. The van der Waals surface area contributed by atoms with E-state index in [0.29, 0.717) is 29.0 Å². The molecule has 0 bridgehead atoms. The molecule has 29 heavy (non-hydrogen) atoms. The maximum absolute atomic E-state index is 13.2. The zero-order valence-electron chi connectivity index (χ0n) is 15.3. The highest BCUT2D eigenvalue weighted by molar-refractivity contribution is 6.33. The van der Waals surface area contributed by atoms with Gasteiger partial charge in [0.15, 0.2) is 17.3 Å². The first-order valence-corrected chi connectivity index (χ1v) is 8.95. The van der Waals surface area contributed by atoms with Crippen LogP contribution in [0.5, 0.6) is 11.5 Å². The van der Waals surface area contributed by atoms with Crippen molar-refractivity contribution in [1.82, 2.24) is 9.97 Å². The third kappa shape index (κ3) is 3.61. The van der Waals surface area contributed by atoms with Crippen molar-refractivity contribution in [1.29, 1.82) is 0 Å². The van der Waals surface area contributed by atoms with E-state index in [1.807, 2.05) is 6.92 Å². The molecule has 4 rings (SSSR count). The molecule has 1 amide bonds. The van der Waals surface area contributed by atoms with Crippen molar-refractivity contribution in [2.45, 2.75) is 26.6 Å². The van der Waals surface area contributed by atoms with Crippen molar-refractivity contribution in [3.8, 4) is 22.8 Å². The number of rotatable bonds is 4. The lowest BCUT2D eigenvalue weighted by molar-refractivity contribution is -0.286. The summed E-state index contributed by atoms with van der Waals surface area (Å²) >= 11 is 6.15. The number of carbonyl (C=O) groups is 1. The van der Waals surface area contributed by atoms with Gasteiger partial charge in [0.25, 0.3) is 5.91 Å². The van der Waals surface area contributed by atoms with Crippen LogP contribution in [0.3, 0.4) is 0 Å². The van der Waals surface area contributed by atoms with E-state index in [9.17, 15) is 13.6 Å². The summed E-state index contributed by atoms with van der Waals surface area (Å²) in [6.07, 6.45) is 1.15. The van der Waals surface area contributed by atoms with Crippen LogP contribution < -0.4 is 14.8 Å². The van der Waals surface area contributed by atoms with Gasteiger partial charge in [0, 0.05) is 17.2 Å². The first kappa shape index (κ1) is 19.1. The summed E-state index contributed by atoms with van der Waals surface area (Å²) in [5.74, 6) is 0.0371. The third-order valence-electron chi connectivity index (χ3n) is 4.32. The second-order valence-electron chi connectivity index (χ2n) is 6.23. The van der Waals surface area contributed by atoms with Gasteiger partial charge in [-0.1, -0.05) is 18.5 Å². The zero-order chi connectivity index (χ0) is 20.8. The van der Waals surface area contributed by atoms with Crippen molar-refractivity contribution in [3.63, 3.8) is 0 Å². The number of hydrogen-bond acceptors (Lipinski definition) is 6. The van der Waals surface area contributed by atoms with E-state index >= 15 is 0 Å². The number of ether oxygens (including phenoxy) is 2. The average Bonchev–Trinajstić information content (AvgIpc) is 3.19. The van der Waals surface area contributed by atoms with Gasteiger partial charge in [0.05, 0.1) is 34.9 Å². The number of benzene rings is 1. The first-order chi connectivity index (χ1) is 13.8. The van der Waals surface area contributed by atoms with Crippen LogP contribution in [0, 0.1) is 6.92 Å². The zero-order valence-corrected chi connectivity index (χ0v) is 16.0. The SMILES string of the molecule is CCc1coc(C)c1C(=O)Nc1cnc(-c2cc3c(cc2Cl)OC(F)(F)O3)cn1. The van der Waals surface area contributed by atoms with Crippen LogP contribution >= 0.6 is 11.6 Å². The standard InChI is InChI=1S/C19H14ClF2N3O4/c1-3-10-8-27-9(2)17(10)18(26)25-16-7-23-13(6-24-16)11-4-14-15(5-12(11)20)29-19(21,22)28-14/h4-8H,3H2,1-2H3,(H,24,25,26). The minimum absolute atomic E-state index is 0.137. The van der Waals surface area contributed by atoms with E-state index in [4.69, 9.17) is 16.0 Å². The largest absolute Gasteiger partial charge is 0.586 e. The second-order valence-corrected chi connectivity index (χ2v) is 6.64. The van der Waals surface area contributed by atoms with Gasteiger partial charge in [-0.15, -0.1) is 8.78 Å². The molecule has 3 heterocycles. The van der Waals surface area contributed by atoms with Gasteiger partial charge in [-0.05, 0) is 19.4 Å². The fourth-order valence-electron chi connectivity index (χ4n) is 2.95. The number of carbonyl (C=O) groups excluding carboxylic acids is 1. The molecule has 0 spiro atoms. The highest BCUT2D eigenvalue weighted by Gasteiger charge is 2.43.